The summed E-state index contributed by atoms with van der Waals surface area (Å²) in [5, 5.41) is 15.4. The summed E-state index contributed by atoms with van der Waals surface area (Å²) >= 11 is 1.56. The van der Waals surface area contributed by atoms with Crippen molar-refractivity contribution in [2.75, 3.05) is 19.2 Å². The first-order valence-corrected chi connectivity index (χ1v) is 12.2. The van der Waals surface area contributed by atoms with Crippen LogP contribution >= 0.6 is 11.3 Å². The number of nitrogens with one attached hydrogen (secondary N) is 1. The van der Waals surface area contributed by atoms with Gasteiger partial charge in [-0.2, -0.15) is 0 Å². The molecule has 0 bridgehead atoms. The Balaban J connectivity index is 1.72. The quantitative estimate of drug-likeness (QED) is 0.557. The molecule has 0 amide bonds. The molecule has 1 N–H and O–H groups in total. The van der Waals surface area contributed by atoms with Crippen LogP contribution in [0.25, 0.3) is 10.6 Å². The Morgan fingerprint density at radius 1 is 1.15 bits per heavy atom. The summed E-state index contributed by atoms with van der Waals surface area (Å²) in [6.07, 6.45) is 5.78. The SMILES string of the molecule is COc1cccc(Cc2cc[nH]c(=O)c2)c1-c1nnc(N(C)N2C(C)(C)CCCC2(C)C)s1. The lowest BCUT2D eigenvalue weighted by Gasteiger charge is -2.55. The number of anilines is 1. The highest BCUT2D eigenvalue weighted by Gasteiger charge is 2.44. The van der Waals surface area contributed by atoms with Crippen molar-refractivity contribution in [1.29, 1.82) is 0 Å². The van der Waals surface area contributed by atoms with Crippen LogP contribution in [-0.4, -0.2) is 45.4 Å². The van der Waals surface area contributed by atoms with Crippen LogP contribution in [0.4, 0.5) is 5.13 Å². The maximum absolute atomic E-state index is 11.8. The number of piperidine rings is 1. The van der Waals surface area contributed by atoms with Gasteiger partial charge in [0.05, 0.1) is 12.7 Å². The predicted octanol–water partition coefficient (Wildman–Crippen LogP) is 4.89. The summed E-state index contributed by atoms with van der Waals surface area (Å²) in [6, 6.07) is 9.52. The van der Waals surface area contributed by atoms with Crippen LogP contribution in [0.15, 0.2) is 41.3 Å². The maximum atomic E-state index is 11.8. The molecule has 3 aromatic rings. The lowest BCUT2D eigenvalue weighted by molar-refractivity contribution is -0.0326. The average Bonchev–Trinajstić information content (AvgIpc) is 3.22. The smallest absolute Gasteiger partial charge is 0.248 e. The number of hydrogen-bond donors (Lipinski definition) is 1. The monoisotopic (exact) mass is 467 g/mol. The summed E-state index contributed by atoms with van der Waals surface area (Å²) < 4.78 is 5.70. The molecule has 1 aliphatic heterocycles. The van der Waals surface area contributed by atoms with Gasteiger partial charge in [0, 0.05) is 30.4 Å². The zero-order chi connectivity index (χ0) is 23.8. The maximum Gasteiger partial charge on any atom is 0.248 e. The summed E-state index contributed by atoms with van der Waals surface area (Å²) in [5.41, 5.74) is 2.85. The normalized spacial score (nSPS) is 17.6. The molecule has 0 unspecified atom stereocenters. The van der Waals surface area contributed by atoms with Crippen molar-refractivity contribution >= 4 is 16.5 Å². The van der Waals surface area contributed by atoms with E-state index in [-0.39, 0.29) is 16.6 Å². The van der Waals surface area contributed by atoms with E-state index in [4.69, 9.17) is 4.74 Å². The Hall–Kier alpha value is -2.71. The first kappa shape index (κ1) is 23.4. The van der Waals surface area contributed by atoms with Crippen molar-refractivity contribution in [3.63, 3.8) is 0 Å². The van der Waals surface area contributed by atoms with Crippen LogP contribution in [-0.2, 0) is 6.42 Å². The van der Waals surface area contributed by atoms with Gasteiger partial charge in [0.15, 0.2) is 5.01 Å². The molecule has 33 heavy (non-hydrogen) atoms. The zero-order valence-corrected chi connectivity index (χ0v) is 21.1. The van der Waals surface area contributed by atoms with Crippen molar-refractivity contribution in [1.82, 2.24) is 20.2 Å². The fourth-order valence-electron chi connectivity index (χ4n) is 5.29. The third-order valence-electron chi connectivity index (χ3n) is 6.50. The van der Waals surface area contributed by atoms with Crippen LogP contribution in [0.1, 0.15) is 58.1 Å². The van der Waals surface area contributed by atoms with E-state index < -0.39 is 0 Å². The molecule has 0 spiro atoms. The zero-order valence-electron chi connectivity index (χ0n) is 20.3. The predicted molar refractivity (Wildman–Crippen MR) is 134 cm³/mol. The molecular weight excluding hydrogens is 434 g/mol. The van der Waals surface area contributed by atoms with Gasteiger partial charge in [-0.3, -0.25) is 9.80 Å². The number of H-pyrrole nitrogens is 1. The summed E-state index contributed by atoms with van der Waals surface area (Å²) in [7, 11) is 3.75. The van der Waals surface area contributed by atoms with Gasteiger partial charge in [-0.25, -0.2) is 5.01 Å². The largest absolute Gasteiger partial charge is 0.496 e. The molecule has 3 heterocycles. The second kappa shape index (κ2) is 8.91. The van der Waals surface area contributed by atoms with Crippen molar-refractivity contribution in [3.05, 3.63) is 58.0 Å². The van der Waals surface area contributed by atoms with Gasteiger partial charge in [0.2, 0.25) is 10.7 Å². The molecular formula is C25H33N5O2S. The standard InChI is InChI=1S/C25H33N5O2S/c1-24(2)12-8-13-25(3,4)30(24)29(5)23-28-27-22(33-23)21-18(9-7-10-19(21)32-6)15-17-11-14-26-20(31)16-17/h7,9-11,14,16H,8,12-13,15H2,1-6H3,(H,26,31). The van der Waals surface area contributed by atoms with Crippen LogP contribution in [0, 0.1) is 0 Å². The van der Waals surface area contributed by atoms with Crippen molar-refractivity contribution in [3.8, 4) is 16.3 Å². The highest BCUT2D eigenvalue weighted by atomic mass is 32.1. The van der Waals surface area contributed by atoms with Crippen LogP contribution in [0.2, 0.25) is 0 Å². The minimum atomic E-state index is -0.108. The molecule has 7 nitrogen and oxygen atoms in total. The van der Waals surface area contributed by atoms with Gasteiger partial charge < -0.3 is 9.72 Å². The number of aromatic amines is 1. The van der Waals surface area contributed by atoms with E-state index in [1.54, 1.807) is 30.7 Å². The average molecular weight is 468 g/mol. The number of aromatic nitrogens is 3. The molecule has 1 aromatic carbocycles. The van der Waals surface area contributed by atoms with Crippen LogP contribution in [0.3, 0.4) is 0 Å². The molecule has 2 aromatic heterocycles. The van der Waals surface area contributed by atoms with E-state index in [1.165, 1.54) is 6.42 Å². The molecule has 1 saturated heterocycles. The first-order valence-electron chi connectivity index (χ1n) is 11.3. The van der Waals surface area contributed by atoms with E-state index in [1.807, 2.05) is 18.2 Å². The summed E-state index contributed by atoms with van der Waals surface area (Å²) in [6.45, 7) is 9.19. The van der Waals surface area contributed by atoms with E-state index in [0.717, 1.165) is 45.4 Å². The van der Waals surface area contributed by atoms with E-state index in [9.17, 15) is 4.79 Å². The van der Waals surface area contributed by atoms with Gasteiger partial charge in [-0.1, -0.05) is 23.5 Å². The number of hydrogen-bond acceptors (Lipinski definition) is 7. The van der Waals surface area contributed by atoms with E-state index in [2.05, 4.69) is 66.0 Å². The molecule has 0 aliphatic carbocycles. The molecule has 4 rings (SSSR count). The molecule has 0 saturated carbocycles. The van der Waals surface area contributed by atoms with Crippen LogP contribution < -0.4 is 15.3 Å². The Morgan fingerprint density at radius 3 is 2.55 bits per heavy atom. The van der Waals surface area contributed by atoms with Gasteiger partial charge in [-0.15, -0.1) is 10.2 Å². The lowest BCUT2D eigenvalue weighted by atomic mass is 9.81. The van der Waals surface area contributed by atoms with Crippen molar-refractivity contribution < 1.29 is 4.74 Å². The molecule has 176 valence electrons. The molecule has 1 aliphatic rings. The molecule has 0 atom stereocenters. The number of rotatable bonds is 6. The lowest BCUT2D eigenvalue weighted by Crippen LogP contribution is -2.64. The number of hydrazine groups is 1. The third kappa shape index (κ3) is 4.68. The van der Waals surface area contributed by atoms with Gasteiger partial charge in [-0.05, 0) is 76.6 Å². The Labute approximate surface area is 199 Å². The Morgan fingerprint density at radius 2 is 1.88 bits per heavy atom. The second-order valence-electron chi connectivity index (χ2n) is 9.94. The molecule has 0 radical (unpaired) electrons. The van der Waals surface area contributed by atoms with Gasteiger partial charge in [0.1, 0.15) is 5.75 Å². The number of methoxy groups -OCH3 is 1. The Bertz CT molecular complexity index is 1170. The topological polar surface area (TPSA) is 74.3 Å². The fourth-order valence-corrected chi connectivity index (χ4v) is 6.17. The summed E-state index contributed by atoms with van der Waals surface area (Å²) in [4.78, 5) is 14.5. The van der Waals surface area contributed by atoms with E-state index in [0.29, 0.717) is 6.42 Å². The van der Waals surface area contributed by atoms with Gasteiger partial charge >= 0.3 is 0 Å². The highest BCUT2D eigenvalue weighted by Crippen LogP contribution is 2.43. The number of pyridine rings is 1. The number of nitrogens with zero attached hydrogens (tertiary/aromatic N) is 4. The summed E-state index contributed by atoms with van der Waals surface area (Å²) in [5.74, 6) is 0.751. The molecule has 8 heteroatoms. The minimum Gasteiger partial charge on any atom is -0.496 e. The first-order chi connectivity index (χ1) is 15.6. The van der Waals surface area contributed by atoms with E-state index >= 15 is 0 Å². The highest BCUT2D eigenvalue weighted by molar-refractivity contribution is 7.18. The van der Waals surface area contributed by atoms with Crippen LogP contribution in [0.5, 0.6) is 5.75 Å². The fraction of sp³-hybridized carbons (Fsp3) is 0.480. The van der Waals surface area contributed by atoms with Crippen molar-refractivity contribution in [2.45, 2.75) is 64.5 Å². The minimum absolute atomic E-state index is 0.0261. The third-order valence-corrected chi connectivity index (χ3v) is 7.50. The second-order valence-corrected chi connectivity index (χ2v) is 10.9. The number of benzene rings is 1. The Kier molecular flexibility index (Phi) is 6.33. The van der Waals surface area contributed by atoms with Gasteiger partial charge in [0.25, 0.3) is 0 Å². The number of ether oxygens (including phenoxy) is 1. The molecule has 1 fully saturated rings. The van der Waals surface area contributed by atoms with Crippen molar-refractivity contribution in [2.24, 2.45) is 0 Å².